The van der Waals surface area contributed by atoms with Crippen molar-refractivity contribution in [2.45, 2.75) is 38.8 Å². The molecule has 0 aromatic rings. The van der Waals surface area contributed by atoms with Gasteiger partial charge in [-0.2, -0.15) is 0 Å². The lowest BCUT2D eigenvalue weighted by atomic mass is 9.76. The van der Waals surface area contributed by atoms with E-state index < -0.39 is 0 Å². The minimum atomic E-state index is -0.0684. The lowest BCUT2D eigenvalue weighted by Gasteiger charge is -2.48. The van der Waals surface area contributed by atoms with Gasteiger partial charge in [-0.05, 0) is 39.2 Å². The number of rotatable bonds is 3. The maximum absolute atomic E-state index is 11.5. The molecule has 4 atom stereocenters. The summed E-state index contributed by atoms with van der Waals surface area (Å²) in [5.74, 6) is 3.97. The van der Waals surface area contributed by atoms with E-state index in [4.69, 9.17) is 6.42 Å². The third-order valence-electron chi connectivity index (χ3n) is 4.01. The quantitative estimate of drug-likeness (QED) is 0.734. The molecule has 3 rings (SSSR count). The van der Waals surface area contributed by atoms with Crippen molar-refractivity contribution >= 4 is 6.03 Å². The molecule has 4 nitrogen and oxygen atoms in total. The van der Waals surface area contributed by atoms with Gasteiger partial charge in [0.25, 0.3) is 0 Å². The molecular weight excluding hydrogens is 226 g/mol. The molecule has 0 aromatic carbocycles. The Morgan fingerprint density at radius 1 is 1.56 bits per heavy atom. The number of hydrogen-bond acceptors (Lipinski definition) is 2. The summed E-state index contributed by atoms with van der Waals surface area (Å²) in [7, 11) is 0. The average molecular weight is 249 g/mol. The van der Waals surface area contributed by atoms with E-state index in [0.717, 1.165) is 26.1 Å². The van der Waals surface area contributed by atoms with E-state index in [0.29, 0.717) is 17.9 Å². The first-order valence-electron chi connectivity index (χ1n) is 6.84. The van der Waals surface area contributed by atoms with Gasteiger partial charge < -0.3 is 10.6 Å². The van der Waals surface area contributed by atoms with Crippen LogP contribution >= 0.6 is 0 Å². The Balaban J connectivity index is 1.79. The molecule has 0 aliphatic carbocycles. The van der Waals surface area contributed by atoms with Gasteiger partial charge >= 0.3 is 6.03 Å². The van der Waals surface area contributed by atoms with Gasteiger partial charge in [0.2, 0.25) is 0 Å². The Kier molecular flexibility index (Phi) is 4.13. The molecular formula is C14H23N3O. The molecule has 2 amide bonds. The summed E-state index contributed by atoms with van der Waals surface area (Å²) in [6.45, 7) is 6.78. The smallest absolute Gasteiger partial charge is 0.315 e. The molecule has 0 saturated carbocycles. The number of hydrogen-bond donors (Lipinski definition) is 2. The number of terminal acetylenes is 1. The molecule has 0 aromatic heterocycles. The first kappa shape index (κ1) is 13.2. The Morgan fingerprint density at radius 3 is 2.89 bits per heavy atom. The second-order valence-corrected chi connectivity index (χ2v) is 5.72. The van der Waals surface area contributed by atoms with Crippen molar-refractivity contribution in [2.24, 2.45) is 11.8 Å². The number of amides is 2. The van der Waals surface area contributed by atoms with Crippen LogP contribution in [-0.2, 0) is 0 Å². The Bertz CT molecular complexity index is 347. The summed E-state index contributed by atoms with van der Waals surface area (Å²) in [6.07, 6.45) is 7.89. The minimum Gasteiger partial charge on any atom is -0.337 e. The monoisotopic (exact) mass is 249 g/mol. The summed E-state index contributed by atoms with van der Waals surface area (Å²) < 4.78 is 0. The van der Waals surface area contributed by atoms with E-state index in [1.54, 1.807) is 0 Å². The van der Waals surface area contributed by atoms with E-state index in [1.807, 2.05) is 13.8 Å². The normalized spacial score (nSPS) is 34.1. The van der Waals surface area contributed by atoms with Crippen molar-refractivity contribution in [3.8, 4) is 12.3 Å². The van der Waals surface area contributed by atoms with Crippen LogP contribution in [0.3, 0.4) is 0 Å². The van der Waals surface area contributed by atoms with Crippen molar-refractivity contribution in [2.75, 3.05) is 19.6 Å². The molecule has 0 radical (unpaired) electrons. The number of nitrogens with zero attached hydrogens (tertiary/aromatic N) is 1. The first-order valence-corrected chi connectivity index (χ1v) is 6.84. The summed E-state index contributed by atoms with van der Waals surface area (Å²) in [4.78, 5) is 14.0. The first-order chi connectivity index (χ1) is 8.60. The van der Waals surface area contributed by atoms with Crippen LogP contribution < -0.4 is 10.6 Å². The van der Waals surface area contributed by atoms with Gasteiger partial charge in [-0.3, -0.25) is 4.90 Å². The lowest BCUT2D eigenvalue weighted by molar-refractivity contribution is 0.0240. The second kappa shape index (κ2) is 5.62. The molecule has 1 unspecified atom stereocenters. The Labute approximate surface area is 109 Å². The largest absolute Gasteiger partial charge is 0.337 e. The van der Waals surface area contributed by atoms with Gasteiger partial charge in [0, 0.05) is 31.1 Å². The molecule has 18 heavy (non-hydrogen) atoms. The fraction of sp³-hybridized carbons (Fsp3) is 0.786. The van der Waals surface area contributed by atoms with Crippen LogP contribution in [0.4, 0.5) is 4.79 Å². The standard InChI is InChI=1S/C14H23N3O/c1-4-11-9-17-6-5-12(11)7-13(17)8-15-14(18)16-10(2)3/h1,10-13H,5-9H2,2-3H3,(H2,15,16,18)/t11-,12+,13+/m0/s1. The molecule has 2 bridgehead atoms. The summed E-state index contributed by atoms with van der Waals surface area (Å²) in [5, 5.41) is 5.80. The molecule has 100 valence electrons. The van der Waals surface area contributed by atoms with Crippen LogP contribution in [-0.4, -0.2) is 42.6 Å². The summed E-state index contributed by atoms with van der Waals surface area (Å²) in [6, 6.07) is 0.575. The molecule has 0 spiro atoms. The van der Waals surface area contributed by atoms with Crippen LogP contribution in [0.15, 0.2) is 0 Å². The van der Waals surface area contributed by atoms with Gasteiger partial charge in [0.05, 0.1) is 0 Å². The zero-order valence-electron chi connectivity index (χ0n) is 11.3. The highest BCUT2D eigenvalue weighted by atomic mass is 16.2. The maximum Gasteiger partial charge on any atom is 0.315 e. The van der Waals surface area contributed by atoms with Crippen molar-refractivity contribution in [1.29, 1.82) is 0 Å². The highest BCUT2D eigenvalue weighted by Crippen LogP contribution is 2.35. The topological polar surface area (TPSA) is 44.4 Å². The van der Waals surface area contributed by atoms with Crippen molar-refractivity contribution in [1.82, 2.24) is 15.5 Å². The van der Waals surface area contributed by atoms with Crippen LogP contribution in [0.25, 0.3) is 0 Å². The molecule has 2 N–H and O–H groups in total. The zero-order chi connectivity index (χ0) is 13.1. The number of nitrogens with one attached hydrogen (secondary N) is 2. The molecule has 3 aliphatic heterocycles. The van der Waals surface area contributed by atoms with Crippen LogP contribution in [0.2, 0.25) is 0 Å². The third kappa shape index (κ3) is 2.97. The molecule has 3 heterocycles. The molecule has 3 fully saturated rings. The second-order valence-electron chi connectivity index (χ2n) is 5.72. The van der Waals surface area contributed by atoms with Crippen LogP contribution in [0.5, 0.6) is 0 Å². The van der Waals surface area contributed by atoms with E-state index in [9.17, 15) is 4.79 Å². The van der Waals surface area contributed by atoms with Crippen molar-refractivity contribution in [3.63, 3.8) is 0 Å². The number of carbonyl (C=O) groups excluding carboxylic acids is 1. The fourth-order valence-corrected chi connectivity index (χ4v) is 3.06. The molecule has 3 saturated heterocycles. The highest BCUT2D eigenvalue weighted by Gasteiger charge is 2.39. The van der Waals surface area contributed by atoms with E-state index in [1.165, 1.54) is 6.42 Å². The maximum atomic E-state index is 11.5. The Hall–Kier alpha value is -1.21. The van der Waals surface area contributed by atoms with Crippen molar-refractivity contribution in [3.05, 3.63) is 0 Å². The van der Waals surface area contributed by atoms with Gasteiger partial charge in [-0.25, -0.2) is 4.79 Å². The molecule has 3 aliphatic rings. The lowest BCUT2D eigenvalue weighted by Crippen LogP contribution is -2.57. The predicted octanol–water partition coefficient (Wildman–Crippen LogP) is 1.04. The van der Waals surface area contributed by atoms with Crippen LogP contribution in [0.1, 0.15) is 26.7 Å². The SMILES string of the molecule is C#C[C@H]1CN2CC[C@@H]1C[C@@H]2CNC(=O)NC(C)C. The van der Waals surface area contributed by atoms with Crippen molar-refractivity contribution < 1.29 is 4.79 Å². The van der Waals surface area contributed by atoms with E-state index in [2.05, 4.69) is 21.5 Å². The van der Waals surface area contributed by atoms with Gasteiger partial charge in [0.1, 0.15) is 0 Å². The zero-order valence-corrected chi connectivity index (χ0v) is 11.3. The van der Waals surface area contributed by atoms with Gasteiger partial charge in [-0.15, -0.1) is 12.3 Å². The van der Waals surface area contributed by atoms with Gasteiger partial charge in [0.15, 0.2) is 0 Å². The van der Waals surface area contributed by atoms with Gasteiger partial charge in [-0.1, -0.05) is 0 Å². The summed E-state index contributed by atoms with van der Waals surface area (Å²) in [5.41, 5.74) is 0. The predicted molar refractivity (Wildman–Crippen MR) is 72.1 cm³/mol. The summed E-state index contributed by atoms with van der Waals surface area (Å²) >= 11 is 0. The van der Waals surface area contributed by atoms with E-state index >= 15 is 0 Å². The highest BCUT2D eigenvalue weighted by molar-refractivity contribution is 5.74. The molecule has 4 heteroatoms. The fourth-order valence-electron chi connectivity index (χ4n) is 3.06. The van der Waals surface area contributed by atoms with Crippen LogP contribution in [0, 0.1) is 24.2 Å². The number of fused-ring (bicyclic) bond motifs is 3. The number of carbonyl (C=O) groups is 1. The Morgan fingerprint density at radius 2 is 2.33 bits per heavy atom. The number of urea groups is 1. The van der Waals surface area contributed by atoms with E-state index in [-0.39, 0.29) is 12.1 Å². The third-order valence-corrected chi connectivity index (χ3v) is 4.01. The number of piperidine rings is 3. The average Bonchev–Trinajstić information content (AvgIpc) is 2.36. The minimum absolute atomic E-state index is 0.0684.